The highest BCUT2D eigenvalue weighted by molar-refractivity contribution is 6.31. The number of carbonyl (C=O) groups excluding carboxylic acids is 1. The lowest BCUT2D eigenvalue weighted by Gasteiger charge is -2.09. The standard InChI is InChI=1S/C27H25ClN2O/c1-4-20-6-9-25(10-7-20)30-27(31)24(17-29)14-21-5-8-23(26(28)16-21)15-22-12-18(2)11-19(3)13-22/h5-14,16H,4,15H2,1-3H3,(H,30,31)/b24-14+. The summed E-state index contributed by atoms with van der Waals surface area (Å²) in [5, 5.41) is 12.9. The van der Waals surface area contributed by atoms with Gasteiger partial charge in [-0.15, -0.1) is 0 Å². The summed E-state index contributed by atoms with van der Waals surface area (Å²) in [4.78, 5) is 12.5. The zero-order valence-corrected chi connectivity index (χ0v) is 18.8. The minimum atomic E-state index is -0.442. The number of rotatable bonds is 6. The lowest BCUT2D eigenvalue weighted by atomic mass is 9.99. The van der Waals surface area contributed by atoms with E-state index >= 15 is 0 Å². The van der Waals surface area contributed by atoms with Gasteiger partial charge < -0.3 is 5.32 Å². The summed E-state index contributed by atoms with van der Waals surface area (Å²) in [6.45, 7) is 6.24. The SMILES string of the molecule is CCc1ccc(NC(=O)/C(C#N)=C/c2ccc(Cc3cc(C)cc(C)c3)c(Cl)c2)cc1. The Kier molecular flexibility index (Phi) is 7.28. The van der Waals surface area contributed by atoms with Gasteiger partial charge in [0, 0.05) is 10.7 Å². The van der Waals surface area contributed by atoms with Crippen LogP contribution in [0.3, 0.4) is 0 Å². The monoisotopic (exact) mass is 428 g/mol. The van der Waals surface area contributed by atoms with Crippen molar-refractivity contribution in [2.45, 2.75) is 33.6 Å². The van der Waals surface area contributed by atoms with Gasteiger partial charge in [-0.2, -0.15) is 5.26 Å². The molecule has 0 aliphatic heterocycles. The topological polar surface area (TPSA) is 52.9 Å². The number of benzene rings is 3. The molecule has 0 aliphatic carbocycles. The third-order valence-electron chi connectivity index (χ3n) is 5.05. The smallest absolute Gasteiger partial charge is 0.266 e. The molecule has 0 aromatic heterocycles. The number of anilines is 1. The molecule has 3 aromatic carbocycles. The van der Waals surface area contributed by atoms with Crippen LogP contribution in [-0.2, 0) is 17.6 Å². The van der Waals surface area contributed by atoms with E-state index in [2.05, 4.69) is 44.3 Å². The molecule has 0 radical (unpaired) electrons. The van der Waals surface area contributed by atoms with Gasteiger partial charge in [0.2, 0.25) is 0 Å². The molecule has 156 valence electrons. The third-order valence-corrected chi connectivity index (χ3v) is 5.40. The van der Waals surface area contributed by atoms with E-state index in [-0.39, 0.29) is 5.57 Å². The van der Waals surface area contributed by atoms with Crippen LogP contribution >= 0.6 is 11.6 Å². The summed E-state index contributed by atoms with van der Waals surface area (Å²) in [6.07, 6.45) is 3.21. The number of aryl methyl sites for hydroxylation is 3. The number of nitrogens with one attached hydrogen (secondary N) is 1. The molecule has 0 heterocycles. The Balaban J connectivity index is 1.76. The lowest BCUT2D eigenvalue weighted by Crippen LogP contribution is -2.13. The number of hydrogen-bond acceptors (Lipinski definition) is 2. The van der Waals surface area contributed by atoms with Crippen molar-refractivity contribution in [2.75, 3.05) is 5.32 Å². The molecule has 0 unspecified atom stereocenters. The Hall–Kier alpha value is -3.35. The van der Waals surface area contributed by atoms with Crippen molar-refractivity contribution < 1.29 is 4.79 Å². The van der Waals surface area contributed by atoms with Crippen LogP contribution in [0.4, 0.5) is 5.69 Å². The summed E-state index contributed by atoms with van der Waals surface area (Å²) >= 11 is 6.51. The molecule has 0 saturated heterocycles. The van der Waals surface area contributed by atoms with E-state index in [0.717, 1.165) is 18.4 Å². The highest BCUT2D eigenvalue weighted by Crippen LogP contribution is 2.24. The molecule has 31 heavy (non-hydrogen) atoms. The fraction of sp³-hybridized carbons (Fsp3) is 0.185. The van der Waals surface area contributed by atoms with Gasteiger partial charge in [0.1, 0.15) is 11.6 Å². The van der Waals surface area contributed by atoms with E-state index in [4.69, 9.17) is 11.6 Å². The molecule has 0 atom stereocenters. The normalized spacial score (nSPS) is 11.1. The molecule has 0 aliphatic rings. The molecule has 1 amide bonds. The molecule has 0 saturated carbocycles. The van der Waals surface area contributed by atoms with Crippen LogP contribution in [0.2, 0.25) is 5.02 Å². The second-order valence-corrected chi connectivity index (χ2v) is 8.11. The molecule has 3 nitrogen and oxygen atoms in total. The molecule has 3 rings (SSSR count). The Labute approximate surface area is 189 Å². The van der Waals surface area contributed by atoms with E-state index in [1.807, 2.05) is 42.5 Å². The van der Waals surface area contributed by atoms with Gasteiger partial charge in [0.15, 0.2) is 0 Å². The molecule has 0 spiro atoms. The zero-order valence-electron chi connectivity index (χ0n) is 18.0. The van der Waals surface area contributed by atoms with Crippen LogP contribution in [0, 0.1) is 25.2 Å². The molecule has 3 aromatic rings. The van der Waals surface area contributed by atoms with Crippen LogP contribution in [-0.4, -0.2) is 5.91 Å². The van der Waals surface area contributed by atoms with E-state index in [1.54, 1.807) is 12.1 Å². The van der Waals surface area contributed by atoms with Gasteiger partial charge >= 0.3 is 0 Å². The zero-order chi connectivity index (χ0) is 22.4. The van der Waals surface area contributed by atoms with E-state index < -0.39 is 5.91 Å². The Bertz CT molecular complexity index is 1150. The van der Waals surface area contributed by atoms with Gasteiger partial charge in [-0.3, -0.25) is 4.79 Å². The van der Waals surface area contributed by atoms with Crippen molar-refractivity contribution in [2.24, 2.45) is 0 Å². The molecular formula is C27H25ClN2O. The first-order valence-electron chi connectivity index (χ1n) is 10.3. The number of carbonyl (C=O) groups is 1. The Morgan fingerprint density at radius 2 is 1.68 bits per heavy atom. The van der Waals surface area contributed by atoms with Crippen molar-refractivity contribution >= 4 is 29.3 Å². The van der Waals surface area contributed by atoms with Crippen molar-refractivity contribution in [3.8, 4) is 6.07 Å². The lowest BCUT2D eigenvalue weighted by molar-refractivity contribution is -0.112. The maximum absolute atomic E-state index is 12.5. The first-order valence-corrected chi connectivity index (χ1v) is 10.6. The van der Waals surface area contributed by atoms with E-state index in [1.165, 1.54) is 22.3 Å². The van der Waals surface area contributed by atoms with Crippen molar-refractivity contribution in [1.82, 2.24) is 0 Å². The van der Waals surface area contributed by atoms with Crippen LogP contribution < -0.4 is 5.32 Å². The Morgan fingerprint density at radius 3 is 2.26 bits per heavy atom. The number of nitrogens with zero attached hydrogens (tertiary/aromatic N) is 1. The van der Waals surface area contributed by atoms with Gasteiger partial charge in [0.05, 0.1) is 0 Å². The third kappa shape index (κ3) is 6.07. The molecular weight excluding hydrogens is 404 g/mol. The van der Waals surface area contributed by atoms with Crippen LogP contribution in [0.5, 0.6) is 0 Å². The van der Waals surface area contributed by atoms with Crippen LogP contribution in [0.25, 0.3) is 6.08 Å². The first-order chi connectivity index (χ1) is 14.9. The van der Waals surface area contributed by atoms with Crippen LogP contribution in [0.15, 0.2) is 66.2 Å². The van der Waals surface area contributed by atoms with E-state index in [9.17, 15) is 10.1 Å². The maximum Gasteiger partial charge on any atom is 0.266 e. The van der Waals surface area contributed by atoms with E-state index in [0.29, 0.717) is 16.3 Å². The summed E-state index contributed by atoms with van der Waals surface area (Å²) < 4.78 is 0. The van der Waals surface area contributed by atoms with Crippen molar-refractivity contribution in [3.05, 3.63) is 105 Å². The van der Waals surface area contributed by atoms with Gasteiger partial charge in [0.25, 0.3) is 5.91 Å². The predicted molar refractivity (Wildman–Crippen MR) is 128 cm³/mol. The molecule has 4 heteroatoms. The van der Waals surface area contributed by atoms with Gasteiger partial charge in [-0.1, -0.05) is 72.1 Å². The number of hydrogen-bond donors (Lipinski definition) is 1. The summed E-state index contributed by atoms with van der Waals surface area (Å²) in [5.41, 5.74) is 7.23. The second kappa shape index (κ2) is 10.1. The summed E-state index contributed by atoms with van der Waals surface area (Å²) in [6, 6.07) is 21.6. The minimum Gasteiger partial charge on any atom is -0.321 e. The largest absolute Gasteiger partial charge is 0.321 e. The van der Waals surface area contributed by atoms with Crippen LogP contribution in [0.1, 0.15) is 40.3 Å². The summed E-state index contributed by atoms with van der Waals surface area (Å²) in [7, 11) is 0. The van der Waals surface area contributed by atoms with Gasteiger partial charge in [-0.05, 0) is 73.2 Å². The molecule has 0 fully saturated rings. The maximum atomic E-state index is 12.5. The molecule has 1 N–H and O–H groups in total. The highest BCUT2D eigenvalue weighted by atomic mass is 35.5. The molecule has 0 bridgehead atoms. The first kappa shape index (κ1) is 22.3. The minimum absolute atomic E-state index is 0.0256. The second-order valence-electron chi connectivity index (χ2n) is 7.70. The average Bonchev–Trinajstić information content (AvgIpc) is 2.73. The summed E-state index contributed by atoms with van der Waals surface area (Å²) in [5.74, 6) is -0.442. The number of halogens is 1. The Morgan fingerprint density at radius 1 is 1.00 bits per heavy atom. The predicted octanol–water partition coefficient (Wildman–Crippen LogP) is 6.66. The number of nitriles is 1. The fourth-order valence-corrected chi connectivity index (χ4v) is 3.78. The average molecular weight is 429 g/mol. The fourth-order valence-electron chi connectivity index (χ4n) is 3.53. The number of amides is 1. The highest BCUT2D eigenvalue weighted by Gasteiger charge is 2.11. The van der Waals surface area contributed by atoms with Gasteiger partial charge in [-0.25, -0.2) is 0 Å². The van der Waals surface area contributed by atoms with Crippen molar-refractivity contribution in [3.63, 3.8) is 0 Å². The van der Waals surface area contributed by atoms with Crippen molar-refractivity contribution in [1.29, 1.82) is 5.26 Å². The quantitative estimate of drug-likeness (QED) is 0.352.